The average Bonchev–Trinajstić information content (AvgIpc) is 2.66. The number of ketones is 1. The highest BCUT2D eigenvalue weighted by atomic mass is 16.6. The third-order valence-corrected chi connectivity index (χ3v) is 5.43. The monoisotopic (exact) mass is 441 g/mol. The first-order valence-electron chi connectivity index (χ1n) is 10.1. The molecule has 0 aliphatic carbocycles. The van der Waals surface area contributed by atoms with Crippen LogP contribution in [0.3, 0.4) is 0 Å². The van der Waals surface area contributed by atoms with E-state index in [1.165, 1.54) is 19.1 Å². The van der Waals surface area contributed by atoms with E-state index in [0.717, 1.165) is 12.5 Å². The molecule has 7 N–H and O–H groups in total. The minimum Gasteiger partial charge on any atom is -0.508 e. The molecule has 0 bridgehead atoms. The van der Waals surface area contributed by atoms with Crippen molar-refractivity contribution in [3.8, 4) is 5.75 Å². The molecule has 0 aromatic heterocycles. The molecule has 1 aromatic rings. The van der Waals surface area contributed by atoms with E-state index >= 15 is 0 Å². The van der Waals surface area contributed by atoms with E-state index in [9.17, 15) is 35.1 Å². The number of carbonyl (C=O) groups excluding carboxylic acids is 2. The van der Waals surface area contributed by atoms with Crippen molar-refractivity contribution in [1.29, 1.82) is 0 Å². The van der Waals surface area contributed by atoms with Gasteiger partial charge in [-0.1, -0.05) is 12.1 Å². The minimum atomic E-state index is -2.22. The highest BCUT2D eigenvalue weighted by Crippen LogP contribution is 2.36. The fourth-order valence-electron chi connectivity index (χ4n) is 3.70. The number of aliphatic hydroxyl groups is 4. The Morgan fingerprint density at radius 2 is 1.90 bits per heavy atom. The summed E-state index contributed by atoms with van der Waals surface area (Å²) in [6.07, 6.45) is -5.02. The molecule has 31 heavy (non-hydrogen) atoms. The summed E-state index contributed by atoms with van der Waals surface area (Å²) in [7, 11) is 0. The second kappa shape index (κ2) is 10.5. The number of rotatable bonds is 9. The van der Waals surface area contributed by atoms with Crippen molar-refractivity contribution in [3.63, 3.8) is 0 Å². The summed E-state index contributed by atoms with van der Waals surface area (Å²) < 4.78 is 10.5. The highest BCUT2D eigenvalue weighted by Gasteiger charge is 2.50. The van der Waals surface area contributed by atoms with Crippen LogP contribution in [0.25, 0.3) is 0 Å². The lowest BCUT2D eigenvalue weighted by molar-refractivity contribution is -0.285. The SMILES string of the molecule is CC(=O)C1(O)CC(O)C(C(C)O)C(C[C@H](O)COC(=O)[C@H](N)Cc2ccc(O)cc2)O1. The summed E-state index contributed by atoms with van der Waals surface area (Å²) in [6, 6.07) is 5.19. The molecule has 1 aliphatic rings. The van der Waals surface area contributed by atoms with E-state index < -0.39 is 66.9 Å². The molecule has 0 saturated carbocycles. The largest absolute Gasteiger partial charge is 0.508 e. The van der Waals surface area contributed by atoms with Gasteiger partial charge < -0.3 is 40.7 Å². The fraction of sp³-hybridized carbons (Fsp3) is 0.619. The van der Waals surface area contributed by atoms with Crippen molar-refractivity contribution in [2.75, 3.05) is 6.61 Å². The number of nitrogens with two attached hydrogens (primary N) is 1. The Balaban J connectivity index is 1.92. The van der Waals surface area contributed by atoms with Gasteiger partial charge in [0.15, 0.2) is 5.78 Å². The van der Waals surface area contributed by atoms with Gasteiger partial charge in [0.2, 0.25) is 5.79 Å². The van der Waals surface area contributed by atoms with Crippen LogP contribution in [0.1, 0.15) is 32.3 Å². The van der Waals surface area contributed by atoms with Crippen LogP contribution >= 0.6 is 0 Å². The smallest absolute Gasteiger partial charge is 0.323 e. The maximum Gasteiger partial charge on any atom is 0.323 e. The van der Waals surface area contributed by atoms with Crippen molar-refractivity contribution in [1.82, 2.24) is 0 Å². The van der Waals surface area contributed by atoms with Crippen LogP contribution in [0.4, 0.5) is 0 Å². The van der Waals surface area contributed by atoms with Gasteiger partial charge in [0.25, 0.3) is 0 Å². The van der Waals surface area contributed by atoms with Crippen LogP contribution in [0.5, 0.6) is 5.75 Å². The van der Waals surface area contributed by atoms with Gasteiger partial charge in [-0.25, -0.2) is 0 Å². The summed E-state index contributed by atoms with van der Waals surface area (Å²) in [6.45, 7) is 2.11. The van der Waals surface area contributed by atoms with Gasteiger partial charge in [-0.05, 0) is 31.0 Å². The second-order valence-electron chi connectivity index (χ2n) is 8.08. The van der Waals surface area contributed by atoms with Crippen LogP contribution < -0.4 is 5.73 Å². The first kappa shape index (κ1) is 25.2. The van der Waals surface area contributed by atoms with Crippen molar-refractivity contribution in [2.45, 2.75) is 69.4 Å². The molecule has 0 radical (unpaired) electrons. The van der Waals surface area contributed by atoms with Gasteiger partial charge in [0.05, 0.1) is 24.4 Å². The predicted molar refractivity (Wildman–Crippen MR) is 108 cm³/mol. The first-order valence-corrected chi connectivity index (χ1v) is 10.1. The molecule has 5 unspecified atom stereocenters. The Bertz CT molecular complexity index is 754. The van der Waals surface area contributed by atoms with Crippen LogP contribution in [-0.4, -0.2) is 80.1 Å². The fourth-order valence-corrected chi connectivity index (χ4v) is 3.70. The number of aliphatic hydroxyl groups excluding tert-OH is 3. The number of Topliss-reactive ketones (excluding diaryl/α,β-unsaturated/α-hetero) is 1. The second-order valence-corrected chi connectivity index (χ2v) is 8.08. The molecule has 0 amide bonds. The number of esters is 1. The zero-order valence-electron chi connectivity index (χ0n) is 17.5. The van der Waals surface area contributed by atoms with Crippen LogP contribution in [0, 0.1) is 5.92 Å². The van der Waals surface area contributed by atoms with Gasteiger partial charge in [0.1, 0.15) is 18.4 Å². The van der Waals surface area contributed by atoms with E-state index in [0.29, 0.717) is 0 Å². The molecule has 1 aromatic carbocycles. The summed E-state index contributed by atoms with van der Waals surface area (Å²) in [4.78, 5) is 23.8. The first-order chi connectivity index (χ1) is 14.4. The lowest BCUT2D eigenvalue weighted by Gasteiger charge is -2.44. The van der Waals surface area contributed by atoms with Crippen LogP contribution in [0.2, 0.25) is 0 Å². The number of phenolic OH excluding ortho intramolecular Hbond substituents is 1. The lowest BCUT2D eigenvalue weighted by Crippen LogP contribution is -2.58. The molecule has 10 nitrogen and oxygen atoms in total. The molecule has 1 heterocycles. The summed E-state index contributed by atoms with van der Waals surface area (Å²) >= 11 is 0. The quantitative estimate of drug-likeness (QED) is 0.260. The Hall–Kier alpha value is -2.08. The number of hydrogen-bond donors (Lipinski definition) is 6. The summed E-state index contributed by atoms with van der Waals surface area (Å²) in [5, 5.41) is 50.2. The van der Waals surface area contributed by atoms with E-state index in [-0.39, 0.29) is 18.6 Å². The maximum atomic E-state index is 12.1. The zero-order valence-corrected chi connectivity index (χ0v) is 17.5. The van der Waals surface area contributed by atoms with Gasteiger partial charge in [-0.15, -0.1) is 0 Å². The Labute approximate surface area is 180 Å². The van der Waals surface area contributed by atoms with Crippen molar-refractivity contribution < 1.29 is 44.6 Å². The average molecular weight is 441 g/mol. The van der Waals surface area contributed by atoms with Crippen molar-refractivity contribution >= 4 is 11.8 Å². The van der Waals surface area contributed by atoms with Gasteiger partial charge >= 0.3 is 5.97 Å². The van der Waals surface area contributed by atoms with E-state index in [2.05, 4.69) is 0 Å². The number of carbonyl (C=O) groups is 2. The third kappa shape index (κ3) is 6.70. The van der Waals surface area contributed by atoms with Gasteiger partial charge in [-0.3, -0.25) is 9.59 Å². The lowest BCUT2D eigenvalue weighted by atomic mass is 9.81. The van der Waals surface area contributed by atoms with E-state index in [1.54, 1.807) is 12.1 Å². The van der Waals surface area contributed by atoms with Gasteiger partial charge in [0, 0.05) is 25.7 Å². The highest BCUT2D eigenvalue weighted by molar-refractivity contribution is 5.83. The number of hydrogen-bond acceptors (Lipinski definition) is 10. The summed E-state index contributed by atoms with van der Waals surface area (Å²) in [5.74, 6) is -4.45. The molecule has 0 spiro atoms. The maximum absolute atomic E-state index is 12.1. The number of aromatic hydroxyl groups is 1. The molecule has 1 saturated heterocycles. The number of ether oxygens (including phenoxy) is 2. The molecule has 1 fully saturated rings. The molecule has 2 rings (SSSR count). The number of benzene rings is 1. The topological polar surface area (TPSA) is 180 Å². The third-order valence-electron chi connectivity index (χ3n) is 5.43. The molecular weight excluding hydrogens is 410 g/mol. The normalized spacial score (nSPS) is 29.1. The molecule has 174 valence electrons. The number of phenols is 1. The standard InChI is InChI=1S/C21H31NO9/c1-11(23)19-17(27)9-21(29,12(2)24)31-18(19)8-15(26)10-30-20(28)16(22)7-13-3-5-14(25)6-4-13/h3-6,11,15-19,23,25-27,29H,7-10,22H2,1-2H3/t11?,15-,16+,17?,18?,19?,21?/m0/s1. The van der Waals surface area contributed by atoms with E-state index in [4.69, 9.17) is 15.2 Å². The van der Waals surface area contributed by atoms with Crippen molar-refractivity contribution in [2.24, 2.45) is 11.7 Å². The molecule has 1 aliphatic heterocycles. The Kier molecular flexibility index (Phi) is 8.52. The summed E-state index contributed by atoms with van der Waals surface area (Å²) in [5.41, 5.74) is 6.54. The predicted octanol–water partition coefficient (Wildman–Crippen LogP) is -1.02. The minimum absolute atomic E-state index is 0.0882. The molecule has 7 atom stereocenters. The van der Waals surface area contributed by atoms with E-state index in [1.807, 2.05) is 0 Å². The molecule has 10 heteroatoms. The van der Waals surface area contributed by atoms with Crippen LogP contribution in [-0.2, 0) is 25.5 Å². The van der Waals surface area contributed by atoms with Crippen molar-refractivity contribution in [3.05, 3.63) is 29.8 Å². The zero-order chi connectivity index (χ0) is 23.3. The Morgan fingerprint density at radius 1 is 1.29 bits per heavy atom. The Morgan fingerprint density at radius 3 is 2.45 bits per heavy atom. The van der Waals surface area contributed by atoms with Crippen LogP contribution in [0.15, 0.2) is 24.3 Å². The molecular formula is C21H31NO9. The van der Waals surface area contributed by atoms with Gasteiger partial charge in [-0.2, -0.15) is 0 Å².